The number of carboxylic acid groups (broad SMARTS) is 1. The third kappa shape index (κ3) is 3.26. The molecule has 2 rings (SSSR count). The minimum atomic E-state index is -1.13. The molecule has 0 saturated carbocycles. The molecular formula is C12H12BrFN2O4. The first kappa shape index (κ1) is 14.7. The van der Waals surface area contributed by atoms with Gasteiger partial charge in [-0.2, -0.15) is 0 Å². The average molecular weight is 347 g/mol. The summed E-state index contributed by atoms with van der Waals surface area (Å²) in [7, 11) is 0. The number of rotatable bonds is 2. The number of hydrogen-bond acceptors (Lipinski definition) is 3. The fourth-order valence-electron chi connectivity index (χ4n) is 1.79. The number of carboxylic acids is 1. The van der Waals surface area contributed by atoms with E-state index in [1.165, 1.54) is 17.0 Å². The fourth-order valence-corrected chi connectivity index (χ4v) is 2.23. The summed E-state index contributed by atoms with van der Waals surface area (Å²) in [6.07, 6.45) is -1.06. The first-order valence-corrected chi connectivity index (χ1v) is 6.62. The third-order valence-electron chi connectivity index (χ3n) is 2.82. The number of para-hydroxylation sites is 1. The minimum absolute atomic E-state index is 0.0240. The van der Waals surface area contributed by atoms with E-state index in [0.29, 0.717) is 4.47 Å². The van der Waals surface area contributed by atoms with E-state index in [9.17, 15) is 14.0 Å². The van der Waals surface area contributed by atoms with E-state index in [1.807, 2.05) is 0 Å². The highest BCUT2D eigenvalue weighted by atomic mass is 79.9. The zero-order chi connectivity index (χ0) is 14.7. The summed E-state index contributed by atoms with van der Waals surface area (Å²) in [5, 5.41) is 11.3. The number of morpholine rings is 1. The van der Waals surface area contributed by atoms with E-state index >= 15 is 0 Å². The van der Waals surface area contributed by atoms with Crippen LogP contribution in [-0.4, -0.2) is 47.8 Å². The molecule has 1 saturated heterocycles. The Hall–Kier alpha value is -1.67. The SMILES string of the molecule is O=C(O)C1CN(C(=O)Nc2c(F)cccc2Br)CCO1. The fraction of sp³-hybridized carbons (Fsp3) is 0.333. The molecule has 1 aliphatic rings. The number of ether oxygens (including phenoxy) is 1. The van der Waals surface area contributed by atoms with Crippen molar-refractivity contribution in [1.82, 2.24) is 4.90 Å². The lowest BCUT2D eigenvalue weighted by atomic mass is 10.3. The van der Waals surface area contributed by atoms with E-state index in [1.54, 1.807) is 6.07 Å². The van der Waals surface area contributed by atoms with Crippen LogP contribution in [-0.2, 0) is 9.53 Å². The molecule has 1 fully saturated rings. The van der Waals surface area contributed by atoms with Crippen molar-refractivity contribution < 1.29 is 23.8 Å². The van der Waals surface area contributed by atoms with Crippen LogP contribution in [0.15, 0.2) is 22.7 Å². The summed E-state index contributed by atoms with van der Waals surface area (Å²) < 4.78 is 19.0. The molecule has 8 heteroatoms. The predicted octanol–water partition coefficient (Wildman–Crippen LogP) is 1.91. The molecule has 2 N–H and O–H groups in total. The van der Waals surface area contributed by atoms with Gasteiger partial charge in [0.05, 0.1) is 18.8 Å². The molecule has 0 spiro atoms. The van der Waals surface area contributed by atoms with Crippen molar-refractivity contribution in [2.24, 2.45) is 0 Å². The van der Waals surface area contributed by atoms with Gasteiger partial charge in [-0.3, -0.25) is 0 Å². The quantitative estimate of drug-likeness (QED) is 0.857. The number of urea groups is 1. The molecule has 1 aliphatic heterocycles. The molecule has 1 atom stereocenters. The zero-order valence-electron chi connectivity index (χ0n) is 10.3. The van der Waals surface area contributed by atoms with Crippen LogP contribution in [0, 0.1) is 5.82 Å². The number of halogens is 2. The molecule has 0 bridgehead atoms. The van der Waals surface area contributed by atoms with Gasteiger partial charge in [0, 0.05) is 11.0 Å². The molecule has 20 heavy (non-hydrogen) atoms. The monoisotopic (exact) mass is 346 g/mol. The maximum Gasteiger partial charge on any atom is 0.334 e. The second kappa shape index (κ2) is 6.19. The lowest BCUT2D eigenvalue weighted by Crippen LogP contribution is -2.50. The summed E-state index contributed by atoms with van der Waals surface area (Å²) in [6.45, 7) is 0.303. The zero-order valence-corrected chi connectivity index (χ0v) is 11.9. The van der Waals surface area contributed by atoms with Crippen molar-refractivity contribution in [3.63, 3.8) is 0 Å². The van der Waals surface area contributed by atoms with Crippen LogP contribution < -0.4 is 5.32 Å². The molecule has 0 radical (unpaired) electrons. The number of nitrogens with one attached hydrogen (secondary N) is 1. The number of carbonyl (C=O) groups excluding carboxylic acids is 1. The van der Waals surface area contributed by atoms with Gasteiger partial charge in [0.25, 0.3) is 0 Å². The summed E-state index contributed by atoms with van der Waals surface area (Å²) in [5.41, 5.74) is 0.0240. The molecule has 1 aromatic carbocycles. The second-order valence-corrected chi connectivity index (χ2v) is 5.02. The van der Waals surface area contributed by atoms with Gasteiger partial charge in [-0.25, -0.2) is 14.0 Å². The summed E-state index contributed by atoms with van der Waals surface area (Å²) in [6, 6.07) is 3.76. The lowest BCUT2D eigenvalue weighted by Gasteiger charge is -2.31. The van der Waals surface area contributed by atoms with Crippen molar-refractivity contribution in [3.8, 4) is 0 Å². The molecule has 1 aromatic rings. The lowest BCUT2D eigenvalue weighted by molar-refractivity contribution is -0.154. The van der Waals surface area contributed by atoms with Crippen molar-refractivity contribution >= 4 is 33.6 Å². The number of nitrogens with zero attached hydrogens (tertiary/aromatic N) is 1. The largest absolute Gasteiger partial charge is 0.479 e. The number of amides is 2. The van der Waals surface area contributed by atoms with E-state index in [2.05, 4.69) is 21.2 Å². The van der Waals surface area contributed by atoms with Crippen LogP contribution in [0.2, 0.25) is 0 Å². The van der Waals surface area contributed by atoms with Crippen LogP contribution in [0.3, 0.4) is 0 Å². The van der Waals surface area contributed by atoms with Crippen molar-refractivity contribution in [3.05, 3.63) is 28.5 Å². The van der Waals surface area contributed by atoms with Gasteiger partial charge in [-0.1, -0.05) is 6.07 Å². The van der Waals surface area contributed by atoms with Crippen LogP contribution >= 0.6 is 15.9 Å². The molecule has 0 aliphatic carbocycles. The molecule has 108 valence electrons. The highest BCUT2D eigenvalue weighted by Gasteiger charge is 2.29. The van der Waals surface area contributed by atoms with Crippen LogP contribution in [0.4, 0.5) is 14.9 Å². The number of carbonyl (C=O) groups is 2. The molecule has 1 unspecified atom stereocenters. The smallest absolute Gasteiger partial charge is 0.334 e. The van der Waals surface area contributed by atoms with E-state index in [-0.39, 0.29) is 25.4 Å². The number of anilines is 1. The molecule has 0 aromatic heterocycles. The number of hydrogen-bond donors (Lipinski definition) is 2. The Morgan fingerprint density at radius 1 is 1.50 bits per heavy atom. The molecule has 1 heterocycles. The standard InChI is InChI=1S/C12H12BrFN2O4/c13-7-2-1-3-8(14)10(7)15-12(19)16-4-5-20-9(6-16)11(17)18/h1-3,9H,4-6H2,(H,15,19)(H,17,18). The molecular weight excluding hydrogens is 335 g/mol. The Kier molecular flexibility index (Phi) is 4.56. The van der Waals surface area contributed by atoms with Crippen molar-refractivity contribution in [2.45, 2.75) is 6.10 Å². The molecule has 6 nitrogen and oxygen atoms in total. The third-order valence-corrected chi connectivity index (χ3v) is 3.48. The van der Waals surface area contributed by atoms with E-state index < -0.39 is 23.9 Å². The van der Waals surface area contributed by atoms with Crippen LogP contribution in [0.1, 0.15) is 0 Å². The Labute approximate surface area is 122 Å². The van der Waals surface area contributed by atoms with Gasteiger partial charge >= 0.3 is 12.0 Å². The highest BCUT2D eigenvalue weighted by molar-refractivity contribution is 9.10. The second-order valence-electron chi connectivity index (χ2n) is 4.17. The van der Waals surface area contributed by atoms with Gasteiger partial charge in [-0.15, -0.1) is 0 Å². The summed E-state index contributed by atoms with van der Waals surface area (Å²) in [5.74, 6) is -1.70. The highest BCUT2D eigenvalue weighted by Crippen LogP contribution is 2.25. The van der Waals surface area contributed by atoms with Gasteiger partial charge in [0.2, 0.25) is 0 Å². The average Bonchev–Trinajstić information content (AvgIpc) is 2.43. The van der Waals surface area contributed by atoms with Crippen molar-refractivity contribution in [1.29, 1.82) is 0 Å². The molecule has 2 amide bonds. The maximum absolute atomic E-state index is 13.6. The van der Waals surface area contributed by atoms with Gasteiger partial charge in [0.15, 0.2) is 6.10 Å². The first-order valence-electron chi connectivity index (χ1n) is 5.83. The number of benzene rings is 1. The number of aliphatic carboxylic acids is 1. The van der Waals surface area contributed by atoms with E-state index in [0.717, 1.165) is 0 Å². The minimum Gasteiger partial charge on any atom is -0.479 e. The summed E-state index contributed by atoms with van der Waals surface area (Å²) >= 11 is 3.14. The Morgan fingerprint density at radius 2 is 2.25 bits per heavy atom. The Bertz CT molecular complexity index is 520. The van der Waals surface area contributed by atoms with Crippen molar-refractivity contribution in [2.75, 3.05) is 25.0 Å². The van der Waals surface area contributed by atoms with Gasteiger partial charge in [-0.05, 0) is 28.1 Å². The normalized spacial score (nSPS) is 18.7. The first-order chi connectivity index (χ1) is 9.49. The topological polar surface area (TPSA) is 78.9 Å². The predicted molar refractivity (Wildman–Crippen MR) is 72.1 cm³/mol. The van der Waals surface area contributed by atoms with E-state index in [4.69, 9.17) is 9.84 Å². The maximum atomic E-state index is 13.6. The Balaban J connectivity index is 2.06. The summed E-state index contributed by atoms with van der Waals surface area (Å²) in [4.78, 5) is 24.1. The van der Waals surface area contributed by atoms with Crippen LogP contribution in [0.25, 0.3) is 0 Å². The van der Waals surface area contributed by atoms with Gasteiger partial charge < -0.3 is 20.1 Å². The Morgan fingerprint density at radius 3 is 2.90 bits per heavy atom. The van der Waals surface area contributed by atoms with Gasteiger partial charge in [0.1, 0.15) is 5.82 Å². The van der Waals surface area contributed by atoms with Crippen LogP contribution in [0.5, 0.6) is 0 Å².